The molecule has 3 nitrogen and oxygen atoms in total. The lowest BCUT2D eigenvalue weighted by Crippen LogP contribution is -2.51. The fraction of sp³-hybridized carbons (Fsp3) is 0.500. The van der Waals surface area contributed by atoms with Gasteiger partial charge in [0.25, 0.3) is 5.91 Å². The molecule has 2 N–H and O–H groups in total. The summed E-state index contributed by atoms with van der Waals surface area (Å²) in [5, 5.41) is 12.2. The number of amides is 1. The van der Waals surface area contributed by atoms with Crippen molar-refractivity contribution >= 4 is 5.91 Å². The molecule has 1 aliphatic rings. The summed E-state index contributed by atoms with van der Waals surface area (Å²) in [6.45, 7) is 3.30. The molecule has 0 aliphatic heterocycles. The summed E-state index contributed by atoms with van der Waals surface area (Å²) in [5.41, 5.74) is -0.164. The van der Waals surface area contributed by atoms with Crippen molar-refractivity contribution in [3.63, 3.8) is 0 Å². The topological polar surface area (TPSA) is 49.3 Å². The number of halogens is 1. The Hall–Kier alpha value is -1.42. The van der Waals surface area contributed by atoms with Crippen LogP contribution in [0.3, 0.4) is 0 Å². The van der Waals surface area contributed by atoms with E-state index in [-0.39, 0.29) is 12.2 Å². The average Bonchev–Trinajstić information content (AvgIpc) is 3.16. The molecule has 1 atom stereocenters. The Labute approximate surface area is 106 Å². The van der Waals surface area contributed by atoms with Crippen LogP contribution in [0.25, 0.3) is 0 Å². The molecule has 1 unspecified atom stereocenters. The minimum absolute atomic E-state index is 0.0373. The van der Waals surface area contributed by atoms with E-state index in [9.17, 15) is 14.3 Å². The molecule has 1 aromatic rings. The van der Waals surface area contributed by atoms with Gasteiger partial charge in [0.15, 0.2) is 0 Å². The number of nitrogens with one attached hydrogen (secondary N) is 1. The zero-order valence-corrected chi connectivity index (χ0v) is 10.7. The molecule has 0 aromatic heterocycles. The monoisotopic (exact) mass is 251 g/mol. The predicted molar refractivity (Wildman–Crippen MR) is 66.8 cm³/mol. The van der Waals surface area contributed by atoms with Gasteiger partial charge in [0.05, 0.1) is 17.7 Å². The molecule has 1 aliphatic carbocycles. The number of carbonyl (C=O) groups is 1. The van der Waals surface area contributed by atoms with E-state index in [2.05, 4.69) is 5.32 Å². The summed E-state index contributed by atoms with van der Waals surface area (Å²) < 4.78 is 13.8. The number of benzene rings is 1. The van der Waals surface area contributed by atoms with Gasteiger partial charge in [-0.15, -0.1) is 0 Å². The Morgan fingerprint density at radius 3 is 2.78 bits per heavy atom. The van der Waals surface area contributed by atoms with Crippen molar-refractivity contribution in [3.8, 4) is 0 Å². The molecule has 1 fully saturated rings. The van der Waals surface area contributed by atoms with E-state index < -0.39 is 17.3 Å². The standard InChI is InChI=1S/C14H18FNO2/c1-9-4-3-5-11(12(9)15)13(18)16-14(2,8-17)10-6-7-10/h3-5,10,17H,6-8H2,1-2H3,(H,16,18). The summed E-state index contributed by atoms with van der Waals surface area (Å²) in [6.07, 6.45) is 1.99. The molecule has 0 radical (unpaired) electrons. The van der Waals surface area contributed by atoms with Crippen LogP contribution in [0.4, 0.5) is 4.39 Å². The van der Waals surface area contributed by atoms with Crippen molar-refractivity contribution < 1.29 is 14.3 Å². The first kappa shape index (κ1) is 13.0. The number of aliphatic hydroxyl groups excluding tert-OH is 1. The zero-order valence-electron chi connectivity index (χ0n) is 10.7. The number of aryl methyl sites for hydroxylation is 1. The second-order valence-electron chi connectivity index (χ2n) is 5.24. The highest BCUT2D eigenvalue weighted by molar-refractivity contribution is 5.95. The molecule has 4 heteroatoms. The molecular weight excluding hydrogens is 233 g/mol. The van der Waals surface area contributed by atoms with Crippen molar-refractivity contribution in [1.29, 1.82) is 0 Å². The maximum absolute atomic E-state index is 13.8. The van der Waals surface area contributed by atoms with Crippen LogP contribution in [0.5, 0.6) is 0 Å². The molecule has 1 saturated carbocycles. The summed E-state index contributed by atoms with van der Waals surface area (Å²) in [4.78, 5) is 12.1. The van der Waals surface area contributed by atoms with E-state index in [1.165, 1.54) is 6.07 Å². The molecule has 0 spiro atoms. The van der Waals surface area contributed by atoms with E-state index in [1.807, 2.05) is 0 Å². The summed E-state index contributed by atoms with van der Waals surface area (Å²) >= 11 is 0. The highest BCUT2D eigenvalue weighted by atomic mass is 19.1. The van der Waals surface area contributed by atoms with Crippen molar-refractivity contribution in [1.82, 2.24) is 5.32 Å². The van der Waals surface area contributed by atoms with E-state index in [0.29, 0.717) is 11.5 Å². The van der Waals surface area contributed by atoms with Gasteiger partial charge in [0.1, 0.15) is 5.82 Å². The molecule has 1 amide bonds. The highest BCUT2D eigenvalue weighted by Gasteiger charge is 2.42. The van der Waals surface area contributed by atoms with Crippen molar-refractivity contribution in [2.24, 2.45) is 5.92 Å². The number of hydrogen-bond acceptors (Lipinski definition) is 2. The van der Waals surface area contributed by atoms with Gasteiger partial charge in [-0.25, -0.2) is 4.39 Å². The minimum Gasteiger partial charge on any atom is -0.394 e. The average molecular weight is 251 g/mol. The van der Waals surface area contributed by atoms with Crippen LogP contribution < -0.4 is 5.32 Å². The number of hydrogen-bond donors (Lipinski definition) is 2. The van der Waals surface area contributed by atoms with E-state index in [0.717, 1.165) is 12.8 Å². The van der Waals surface area contributed by atoms with Crippen molar-refractivity contribution in [2.45, 2.75) is 32.2 Å². The SMILES string of the molecule is Cc1cccc(C(=O)NC(C)(CO)C2CC2)c1F. The fourth-order valence-electron chi connectivity index (χ4n) is 2.14. The zero-order chi connectivity index (χ0) is 13.3. The van der Waals surface area contributed by atoms with Crippen LogP contribution in [-0.4, -0.2) is 23.2 Å². The maximum Gasteiger partial charge on any atom is 0.254 e. The fourth-order valence-corrected chi connectivity index (χ4v) is 2.14. The molecule has 0 saturated heterocycles. The number of carbonyl (C=O) groups excluding carboxylic acids is 1. The van der Waals surface area contributed by atoms with Crippen LogP contribution in [-0.2, 0) is 0 Å². The third kappa shape index (κ3) is 2.38. The number of aliphatic hydroxyl groups is 1. The summed E-state index contributed by atoms with van der Waals surface area (Å²) in [5.74, 6) is -0.662. The second-order valence-corrected chi connectivity index (χ2v) is 5.24. The van der Waals surface area contributed by atoms with E-state index >= 15 is 0 Å². The van der Waals surface area contributed by atoms with Gasteiger partial charge in [0.2, 0.25) is 0 Å². The lowest BCUT2D eigenvalue weighted by molar-refractivity contribution is 0.0820. The van der Waals surface area contributed by atoms with Crippen molar-refractivity contribution in [3.05, 3.63) is 35.1 Å². The Morgan fingerprint density at radius 1 is 1.56 bits per heavy atom. The van der Waals surface area contributed by atoms with Gasteiger partial charge in [-0.2, -0.15) is 0 Å². The molecule has 1 aromatic carbocycles. The molecule has 0 bridgehead atoms. The van der Waals surface area contributed by atoms with Crippen LogP contribution >= 0.6 is 0 Å². The van der Waals surface area contributed by atoms with Crippen LogP contribution in [0, 0.1) is 18.7 Å². The second kappa shape index (κ2) is 4.69. The largest absolute Gasteiger partial charge is 0.394 e. The van der Waals surface area contributed by atoms with Gasteiger partial charge >= 0.3 is 0 Å². The quantitative estimate of drug-likeness (QED) is 0.860. The lowest BCUT2D eigenvalue weighted by Gasteiger charge is -2.28. The normalized spacial score (nSPS) is 18.2. The highest BCUT2D eigenvalue weighted by Crippen LogP contribution is 2.39. The van der Waals surface area contributed by atoms with E-state index in [1.54, 1.807) is 26.0 Å². The first-order valence-corrected chi connectivity index (χ1v) is 6.16. The van der Waals surface area contributed by atoms with Gasteiger partial charge in [-0.1, -0.05) is 12.1 Å². The Bertz CT molecular complexity index is 471. The Morgan fingerprint density at radius 2 is 2.22 bits per heavy atom. The minimum atomic E-state index is -0.646. The predicted octanol–water partition coefficient (Wildman–Crippen LogP) is 2.02. The van der Waals surface area contributed by atoms with E-state index in [4.69, 9.17) is 0 Å². The Kier molecular flexibility index (Phi) is 3.39. The van der Waals surface area contributed by atoms with Gasteiger partial charge in [-0.3, -0.25) is 4.79 Å². The maximum atomic E-state index is 13.8. The van der Waals surface area contributed by atoms with Crippen LogP contribution in [0.15, 0.2) is 18.2 Å². The third-order valence-electron chi connectivity index (χ3n) is 3.64. The molecule has 0 heterocycles. The number of rotatable bonds is 4. The third-order valence-corrected chi connectivity index (χ3v) is 3.64. The summed E-state index contributed by atoms with van der Waals surface area (Å²) in [6, 6.07) is 4.74. The van der Waals surface area contributed by atoms with Crippen LogP contribution in [0.2, 0.25) is 0 Å². The van der Waals surface area contributed by atoms with Crippen LogP contribution in [0.1, 0.15) is 35.7 Å². The lowest BCUT2D eigenvalue weighted by atomic mass is 9.96. The smallest absolute Gasteiger partial charge is 0.254 e. The first-order chi connectivity index (χ1) is 8.48. The molecule has 2 rings (SSSR count). The first-order valence-electron chi connectivity index (χ1n) is 6.16. The van der Waals surface area contributed by atoms with Gasteiger partial charge in [0, 0.05) is 0 Å². The Balaban J connectivity index is 2.19. The molecule has 98 valence electrons. The van der Waals surface area contributed by atoms with Crippen molar-refractivity contribution in [2.75, 3.05) is 6.61 Å². The van der Waals surface area contributed by atoms with Gasteiger partial charge in [-0.05, 0) is 44.2 Å². The van der Waals surface area contributed by atoms with Gasteiger partial charge < -0.3 is 10.4 Å². The molecule has 18 heavy (non-hydrogen) atoms. The molecular formula is C14H18FNO2. The summed E-state index contributed by atoms with van der Waals surface area (Å²) in [7, 11) is 0.